The van der Waals surface area contributed by atoms with E-state index in [1.54, 1.807) is 0 Å². The van der Waals surface area contributed by atoms with E-state index in [2.05, 4.69) is 49.6 Å². The quantitative estimate of drug-likeness (QED) is 0.416. The average molecular weight is 318 g/mol. The Hall–Kier alpha value is -2.74. The highest BCUT2D eigenvalue weighted by molar-refractivity contribution is 6.08. The molecule has 0 fully saturated rings. The Balaban J connectivity index is 1.94. The predicted molar refractivity (Wildman–Crippen MR) is 102 cm³/mol. The first-order chi connectivity index (χ1) is 11.5. The Morgan fingerprint density at radius 1 is 0.708 bits per heavy atom. The minimum absolute atomic E-state index is 0.544. The second kappa shape index (κ2) is 6.79. The Bertz CT molecular complexity index is 845. The molecule has 0 spiro atoms. The van der Waals surface area contributed by atoms with E-state index < -0.39 is 0 Å². The largest absolute Gasteiger partial charge is 0.489 e. The molecule has 0 N–H and O–H groups in total. The molecule has 3 aromatic rings. The normalized spacial score (nSPS) is 10.8. The van der Waals surface area contributed by atoms with Gasteiger partial charge in [0.25, 0.3) is 0 Å². The lowest BCUT2D eigenvalue weighted by molar-refractivity contribution is 0.353. The fourth-order valence-corrected chi connectivity index (χ4v) is 2.62. The van der Waals surface area contributed by atoms with Crippen LogP contribution >= 0.6 is 0 Å². The molecule has 0 radical (unpaired) electrons. The molecule has 0 atom stereocenters. The van der Waals surface area contributed by atoms with Gasteiger partial charge in [0, 0.05) is 0 Å². The van der Waals surface area contributed by atoms with E-state index in [9.17, 15) is 0 Å². The highest BCUT2D eigenvalue weighted by Gasteiger charge is 2.04. The molecule has 0 saturated carbocycles. The smallest absolute Gasteiger partial charge is 0.120 e. The summed E-state index contributed by atoms with van der Waals surface area (Å²) in [6.07, 6.45) is 0. The number of benzene rings is 3. The van der Waals surface area contributed by atoms with Crippen molar-refractivity contribution in [2.45, 2.75) is 13.8 Å². The summed E-state index contributed by atoms with van der Waals surface area (Å²) in [6.45, 7) is 12.7. The molecule has 122 valence electrons. The van der Waals surface area contributed by atoms with E-state index in [4.69, 9.17) is 9.47 Å². The molecule has 2 heteroatoms. The fraction of sp³-hybridized carbons (Fsp3) is 0.182. The van der Waals surface area contributed by atoms with Crippen molar-refractivity contribution in [3.8, 4) is 11.5 Å². The Kier molecular flexibility index (Phi) is 4.57. The van der Waals surface area contributed by atoms with Gasteiger partial charge in [-0.05, 0) is 70.8 Å². The van der Waals surface area contributed by atoms with Crippen LogP contribution in [0.2, 0.25) is 0 Å². The lowest BCUT2D eigenvalue weighted by Crippen LogP contribution is -1.97. The van der Waals surface area contributed by atoms with Gasteiger partial charge in [0.1, 0.15) is 24.7 Å². The standard InChI is InChI=1S/C22H22O2/c1-15(2)13-23-19-7-9-21-17(11-19)5-6-18-12-20(8-10-22(18)21)24-14-16(3)4/h5-12H,1,3,13-14H2,2,4H3. The van der Waals surface area contributed by atoms with Crippen LogP contribution in [0.15, 0.2) is 72.8 Å². The third kappa shape index (κ3) is 3.60. The zero-order valence-electron chi connectivity index (χ0n) is 14.3. The molecular formula is C22H22O2. The maximum atomic E-state index is 5.73. The number of hydrogen-bond acceptors (Lipinski definition) is 2. The van der Waals surface area contributed by atoms with Gasteiger partial charge < -0.3 is 9.47 Å². The number of rotatable bonds is 6. The van der Waals surface area contributed by atoms with Gasteiger partial charge in [0.05, 0.1) is 0 Å². The third-order valence-corrected chi connectivity index (χ3v) is 3.75. The van der Waals surface area contributed by atoms with Crippen molar-refractivity contribution in [1.82, 2.24) is 0 Å². The first-order valence-electron chi connectivity index (χ1n) is 8.04. The second-order valence-electron chi connectivity index (χ2n) is 6.32. The molecule has 0 aliphatic carbocycles. The van der Waals surface area contributed by atoms with Gasteiger partial charge in [-0.25, -0.2) is 0 Å². The minimum Gasteiger partial charge on any atom is -0.489 e. The molecule has 0 saturated heterocycles. The number of fused-ring (bicyclic) bond motifs is 3. The monoisotopic (exact) mass is 318 g/mol. The fourth-order valence-electron chi connectivity index (χ4n) is 2.62. The number of hydrogen-bond donors (Lipinski definition) is 0. The molecule has 0 heterocycles. The molecule has 3 aromatic carbocycles. The van der Waals surface area contributed by atoms with Crippen LogP contribution in [-0.2, 0) is 0 Å². The summed E-state index contributed by atoms with van der Waals surface area (Å²) in [7, 11) is 0. The average Bonchev–Trinajstić information content (AvgIpc) is 2.57. The number of ether oxygens (including phenoxy) is 2. The molecule has 3 rings (SSSR count). The Labute approximate surface area is 143 Å². The SMILES string of the molecule is C=C(C)COc1ccc2c(ccc3cc(OCC(=C)C)ccc32)c1. The van der Waals surface area contributed by atoms with Crippen LogP contribution in [-0.4, -0.2) is 13.2 Å². The van der Waals surface area contributed by atoms with Crippen LogP contribution in [0.1, 0.15) is 13.8 Å². The van der Waals surface area contributed by atoms with E-state index in [0.717, 1.165) is 33.4 Å². The van der Waals surface area contributed by atoms with Gasteiger partial charge >= 0.3 is 0 Å². The first kappa shape index (κ1) is 16.1. The molecule has 0 bridgehead atoms. The zero-order chi connectivity index (χ0) is 17.1. The maximum absolute atomic E-state index is 5.73. The van der Waals surface area contributed by atoms with Gasteiger partial charge in [0.2, 0.25) is 0 Å². The Morgan fingerprint density at radius 2 is 1.12 bits per heavy atom. The highest BCUT2D eigenvalue weighted by Crippen LogP contribution is 2.30. The van der Waals surface area contributed by atoms with Crippen molar-refractivity contribution in [1.29, 1.82) is 0 Å². The zero-order valence-corrected chi connectivity index (χ0v) is 14.3. The van der Waals surface area contributed by atoms with Crippen molar-refractivity contribution in [3.63, 3.8) is 0 Å². The van der Waals surface area contributed by atoms with Crippen molar-refractivity contribution < 1.29 is 9.47 Å². The van der Waals surface area contributed by atoms with Crippen LogP contribution in [0, 0.1) is 0 Å². The van der Waals surface area contributed by atoms with Crippen molar-refractivity contribution in [3.05, 3.63) is 72.8 Å². The van der Waals surface area contributed by atoms with Crippen LogP contribution in [0.5, 0.6) is 11.5 Å². The van der Waals surface area contributed by atoms with Crippen molar-refractivity contribution in [2.75, 3.05) is 13.2 Å². The lowest BCUT2D eigenvalue weighted by atomic mass is 10.0. The molecule has 0 aliphatic heterocycles. The summed E-state index contributed by atoms with van der Waals surface area (Å²) in [5, 5.41) is 4.75. The third-order valence-electron chi connectivity index (χ3n) is 3.75. The summed E-state index contributed by atoms with van der Waals surface area (Å²) in [5.41, 5.74) is 2.02. The van der Waals surface area contributed by atoms with E-state index in [-0.39, 0.29) is 0 Å². The first-order valence-corrected chi connectivity index (χ1v) is 8.04. The van der Waals surface area contributed by atoms with E-state index in [1.807, 2.05) is 26.0 Å². The molecule has 0 aliphatic rings. The summed E-state index contributed by atoms with van der Waals surface area (Å²) in [4.78, 5) is 0. The summed E-state index contributed by atoms with van der Waals surface area (Å²) in [5.74, 6) is 1.73. The molecule has 0 aromatic heterocycles. The molecular weight excluding hydrogens is 296 g/mol. The molecule has 24 heavy (non-hydrogen) atoms. The van der Waals surface area contributed by atoms with E-state index in [0.29, 0.717) is 13.2 Å². The Morgan fingerprint density at radius 3 is 1.50 bits per heavy atom. The van der Waals surface area contributed by atoms with Gasteiger partial charge in [0.15, 0.2) is 0 Å². The summed E-state index contributed by atoms with van der Waals surface area (Å²) < 4.78 is 11.5. The lowest BCUT2D eigenvalue weighted by Gasteiger charge is -2.10. The van der Waals surface area contributed by atoms with Crippen molar-refractivity contribution in [2.24, 2.45) is 0 Å². The minimum atomic E-state index is 0.544. The molecule has 0 amide bonds. The van der Waals surface area contributed by atoms with Crippen LogP contribution in [0.4, 0.5) is 0 Å². The van der Waals surface area contributed by atoms with Crippen molar-refractivity contribution >= 4 is 21.5 Å². The highest BCUT2D eigenvalue weighted by atomic mass is 16.5. The van der Waals surface area contributed by atoms with E-state index in [1.165, 1.54) is 10.8 Å². The topological polar surface area (TPSA) is 18.5 Å². The van der Waals surface area contributed by atoms with Gasteiger partial charge in [-0.15, -0.1) is 0 Å². The predicted octanol–water partition coefficient (Wildman–Crippen LogP) is 5.90. The molecule has 0 unspecified atom stereocenters. The second-order valence-corrected chi connectivity index (χ2v) is 6.32. The van der Waals surface area contributed by atoms with Gasteiger partial charge in [-0.3, -0.25) is 0 Å². The maximum Gasteiger partial charge on any atom is 0.120 e. The van der Waals surface area contributed by atoms with Gasteiger partial charge in [-0.2, -0.15) is 0 Å². The molecule has 2 nitrogen and oxygen atoms in total. The summed E-state index contributed by atoms with van der Waals surface area (Å²) in [6, 6.07) is 16.6. The summed E-state index contributed by atoms with van der Waals surface area (Å²) >= 11 is 0. The van der Waals surface area contributed by atoms with Crippen LogP contribution in [0.25, 0.3) is 21.5 Å². The van der Waals surface area contributed by atoms with Gasteiger partial charge in [-0.1, -0.05) is 37.4 Å². The van der Waals surface area contributed by atoms with E-state index >= 15 is 0 Å². The van der Waals surface area contributed by atoms with Crippen LogP contribution < -0.4 is 9.47 Å². The van der Waals surface area contributed by atoms with Crippen LogP contribution in [0.3, 0.4) is 0 Å².